The normalized spacial score (nSPS) is 18.2. The predicted molar refractivity (Wildman–Crippen MR) is 89.0 cm³/mol. The topological polar surface area (TPSA) is 32.3 Å². The van der Waals surface area contributed by atoms with Gasteiger partial charge in [0.2, 0.25) is 0 Å². The Balaban J connectivity index is 1.65. The van der Waals surface area contributed by atoms with E-state index in [0.717, 1.165) is 31.6 Å². The number of carbonyl (C=O) groups excluding carboxylic acids is 1. The second-order valence-electron chi connectivity index (χ2n) is 5.96. The fourth-order valence-electron chi connectivity index (χ4n) is 2.92. The van der Waals surface area contributed by atoms with E-state index in [2.05, 4.69) is 29.6 Å². The number of benzene rings is 2. The van der Waals surface area contributed by atoms with E-state index in [9.17, 15) is 4.79 Å². The fraction of sp³-hybridized carbons (Fsp3) is 0.316. The van der Waals surface area contributed by atoms with E-state index in [0.29, 0.717) is 6.04 Å². The Morgan fingerprint density at radius 3 is 2.59 bits per heavy atom. The maximum absolute atomic E-state index is 12.6. The molecule has 114 valence electrons. The van der Waals surface area contributed by atoms with Crippen molar-refractivity contribution in [2.45, 2.75) is 19.4 Å². The molecule has 0 aromatic heterocycles. The molecule has 3 nitrogen and oxygen atoms in total. The quantitative estimate of drug-likeness (QED) is 0.944. The minimum atomic E-state index is 0.138. The Hall–Kier alpha value is -2.13. The summed E-state index contributed by atoms with van der Waals surface area (Å²) in [5.74, 6) is 0.138. The summed E-state index contributed by atoms with van der Waals surface area (Å²) in [7, 11) is 0. The van der Waals surface area contributed by atoms with Crippen molar-refractivity contribution in [3.8, 4) is 0 Å². The van der Waals surface area contributed by atoms with Crippen molar-refractivity contribution in [3.05, 3.63) is 71.3 Å². The molecule has 0 unspecified atom stereocenters. The first-order valence-corrected chi connectivity index (χ1v) is 7.85. The number of aryl methyl sites for hydroxylation is 1. The van der Waals surface area contributed by atoms with Crippen LogP contribution in [0.1, 0.15) is 21.5 Å². The van der Waals surface area contributed by atoms with Crippen LogP contribution in [-0.4, -0.2) is 36.5 Å². The SMILES string of the molecule is Cc1ccc(C(=O)N2CCN[C@@H](Cc3ccccc3)C2)cc1. The van der Waals surface area contributed by atoms with Crippen molar-refractivity contribution in [2.75, 3.05) is 19.6 Å². The molecule has 1 fully saturated rings. The monoisotopic (exact) mass is 294 g/mol. The van der Waals surface area contributed by atoms with Crippen LogP contribution in [0.15, 0.2) is 54.6 Å². The molecule has 1 heterocycles. The average Bonchev–Trinajstić information content (AvgIpc) is 2.56. The van der Waals surface area contributed by atoms with Crippen LogP contribution in [0, 0.1) is 6.92 Å². The van der Waals surface area contributed by atoms with Gasteiger partial charge in [0.15, 0.2) is 0 Å². The zero-order valence-electron chi connectivity index (χ0n) is 13.0. The lowest BCUT2D eigenvalue weighted by atomic mass is 10.0. The maximum atomic E-state index is 12.6. The van der Waals surface area contributed by atoms with E-state index in [1.54, 1.807) is 0 Å². The number of nitrogens with zero attached hydrogens (tertiary/aromatic N) is 1. The van der Waals surface area contributed by atoms with E-state index in [1.165, 1.54) is 11.1 Å². The van der Waals surface area contributed by atoms with Crippen molar-refractivity contribution in [1.29, 1.82) is 0 Å². The summed E-state index contributed by atoms with van der Waals surface area (Å²) < 4.78 is 0. The number of carbonyl (C=O) groups is 1. The van der Waals surface area contributed by atoms with Gasteiger partial charge in [-0.2, -0.15) is 0 Å². The molecule has 2 aromatic rings. The zero-order valence-corrected chi connectivity index (χ0v) is 13.0. The van der Waals surface area contributed by atoms with Crippen molar-refractivity contribution < 1.29 is 4.79 Å². The van der Waals surface area contributed by atoms with Crippen LogP contribution in [0.3, 0.4) is 0 Å². The third-order valence-electron chi connectivity index (χ3n) is 4.17. The number of rotatable bonds is 3. The largest absolute Gasteiger partial charge is 0.336 e. The minimum Gasteiger partial charge on any atom is -0.336 e. The molecular weight excluding hydrogens is 272 g/mol. The van der Waals surface area contributed by atoms with Crippen molar-refractivity contribution in [3.63, 3.8) is 0 Å². The molecule has 0 radical (unpaired) electrons. The number of amides is 1. The third kappa shape index (κ3) is 3.55. The summed E-state index contributed by atoms with van der Waals surface area (Å²) in [6.07, 6.45) is 0.957. The van der Waals surface area contributed by atoms with E-state index in [-0.39, 0.29) is 5.91 Å². The number of nitrogens with one attached hydrogen (secondary N) is 1. The zero-order chi connectivity index (χ0) is 15.4. The van der Waals surface area contributed by atoms with Gasteiger partial charge >= 0.3 is 0 Å². The predicted octanol–water partition coefficient (Wildman–Crippen LogP) is 2.65. The van der Waals surface area contributed by atoms with Crippen LogP contribution >= 0.6 is 0 Å². The van der Waals surface area contributed by atoms with Crippen molar-refractivity contribution in [1.82, 2.24) is 10.2 Å². The Kier molecular flexibility index (Phi) is 4.54. The Labute approximate surface area is 132 Å². The van der Waals surface area contributed by atoms with Crippen LogP contribution in [0.2, 0.25) is 0 Å². The van der Waals surface area contributed by atoms with E-state index >= 15 is 0 Å². The number of hydrogen-bond donors (Lipinski definition) is 1. The number of hydrogen-bond acceptors (Lipinski definition) is 2. The van der Waals surface area contributed by atoms with Gasteiger partial charge in [0.1, 0.15) is 0 Å². The lowest BCUT2D eigenvalue weighted by molar-refractivity contribution is 0.0703. The molecule has 1 saturated heterocycles. The molecule has 0 bridgehead atoms. The Morgan fingerprint density at radius 2 is 1.86 bits per heavy atom. The van der Waals surface area contributed by atoms with Crippen molar-refractivity contribution in [2.24, 2.45) is 0 Å². The molecule has 1 N–H and O–H groups in total. The smallest absolute Gasteiger partial charge is 0.253 e. The first kappa shape index (κ1) is 14.8. The van der Waals surface area contributed by atoms with Gasteiger partial charge < -0.3 is 10.2 Å². The van der Waals surface area contributed by atoms with E-state index in [4.69, 9.17) is 0 Å². The van der Waals surface area contributed by atoms with Gasteiger partial charge in [-0.05, 0) is 31.0 Å². The molecule has 3 rings (SSSR count). The van der Waals surface area contributed by atoms with Crippen LogP contribution in [0.25, 0.3) is 0 Å². The molecule has 0 spiro atoms. The Morgan fingerprint density at radius 1 is 1.14 bits per heavy atom. The molecule has 1 atom stereocenters. The summed E-state index contributed by atoms with van der Waals surface area (Å²) in [5.41, 5.74) is 3.27. The second kappa shape index (κ2) is 6.75. The van der Waals surface area contributed by atoms with Crippen LogP contribution < -0.4 is 5.32 Å². The molecular formula is C19H22N2O. The second-order valence-corrected chi connectivity index (χ2v) is 5.96. The minimum absolute atomic E-state index is 0.138. The highest BCUT2D eigenvalue weighted by Crippen LogP contribution is 2.12. The molecule has 0 aliphatic carbocycles. The van der Waals surface area contributed by atoms with Gasteiger partial charge in [-0.15, -0.1) is 0 Å². The molecule has 2 aromatic carbocycles. The molecule has 1 aliphatic rings. The van der Waals surface area contributed by atoms with E-state index < -0.39 is 0 Å². The van der Waals surface area contributed by atoms with Crippen LogP contribution in [0.5, 0.6) is 0 Å². The average molecular weight is 294 g/mol. The van der Waals surface area contributed by atoms with Gasteiger partial charge in [-0.25, -0.2) is 0 Å². The Bertz CT molecular complexity index is 622. The summed E-state index contributed by atoms with van der Waals surface area (Å²) in [4.78, 5) is 14.6. The summed E-state index contributed by atoms with van der Waals surface area (Å²) >= 11 is 0. The lowest BCUT2D eigenvalue weighted by Gasteiger charge is -2.34. The van der Waals surface area contributed by atoms with Gasteiger partial charge in [0.05, 0.1) is 0 Å². The first-order chi connectivity index (χ1) is 10.7. The fourth-order valence-corrected chi connectivity index (χ4v) is 2.92. The third-order valence-corrected chi connectivity index (χ3v) is 4.17. The lowest BCUT2D eigenvalue weighted by Crippen LogP contribution is -2.53. The highest BCUT2D eigenvalue weighted by Gasteiger charge is 2.24. The van der Waals surface area contributed by atoms with Gasteiger partial charge in [0, 0.05) is 31.2 Å². The molecule has 1 aliphatic heterocycles. The summed E-state index contributed by atoms with van der Waals surface area (Å²) in [6, 6.07) is 18.6. The van der Waals surface area contributed by atoms with Gasteiger partial charge in [0.25, 0.3) is 5.91 Å². The molecule has 0 saturated carbocycles. The standard InChI is InChI=1S/C19H22N2O/c1-15-7-9-17(10-8-15)19(22)21-12-11-20-18(14-21)13-16-5-3-2-4-6-16/h2-10,18,20H,11-14H2,1H3/t18-/m0/s1. The van der Waals surface area contributed by atoms with E-state index in [1.807, 2.05) is 42.2 Å². The highest BCUT2D eigenvalue weighted by molar-refractivity contribution is 5.94. The first-order valence-electron chi connectivity index (χ1n) is 7.85. The van der Waals surface area contributed by atoms with Crippen LogP contribution in [0.4, 0.5) is 0 Å². The highest BCUT2D eigenvalue weighted by atomic mass is 16.2. The van der Waals surface area contributed by atoms with Crippen LogP contribution in [-0.2, 0) is 6.42 Å². The summed E-state index contributed by atoms with van der Waals surface area (Å²) in [5, 5.41) is 3.52. The van der Waals surface area contributed by atoms with Crippen molar-refractivity contribution >= 4 is 5.91 Å². The number of piperazine rings is 1. The molecule has 3 heteroatoms. The van der Waals surface area contributed by atoms with Gasteiger partial charge in [-0.3, -0.25) is 4.79 Å². The molecule has 1 amide bonds. The summed E-state index contributed by atoms with van der Waals surface area (Å²) in [6.45, 7) is 4.43. The molecule has 22 heavy (non-hydrogen) atoms. The maximum Gasteiger partial charge on any atom is 0.253 e. The van der Waals surface area contributed by atoms with Gasteiger partial charge in [-0.1, -0.05) is 48.0 Å².